The zero-order chi connectivity index (χ0) is 10.3. The highest BCUT2D eigenvalue weighted by Gasteiger charge is 2.20. The Kier molecular flexibility index (Phi) is 6.35. The summed E-state index contributed by atoms with van der Waals surface area (Å²) < 4.78 is 0. The van der Waals surface area contributed by atoms with Crippen molar-refractivity contribution in [2.45, 2.75) is 65.0 Å². The Morgan fingerprint density at radius 2 is 1.54 bits per heavy atom. The van der Waals surface area contributed by atoms with Crippen molar-refractivity contribution in [3.63, 3.8) is 0 Å². The van der Waals surface area contributed by atoms with Gasteiger partial charge in [0.15, 0.2) is 0 Å². The van der Waals surface area contributed by atoms with Crippen LogP contribution in [0.1, 0.15) is 53.4 Å². The molecule has 0 saturated carbocycles. The molecule has 0 heterocycles. The van der Waals surface area contributed by atoms with E-state index in [1.54, 1.807) is 0 Å². The van der Waals surface area contributed by atoms with Gasteiger partial charge in [0.25, 0.3) is 0 Å². The molecule has 0 aliphatic rings. The standard InChI is InChI=1S/C11H26N2/c1-5-10(6-2)13-9-11(12,7-3)8-4/h10,13H,5-9,12H2,1-4H3. The summed E-state index contributed by atoms with van der Waals surface area (Å²) in [6, 6.07) is 0.640. The fourth-order valence-corrected chi connectivity index (χ4v) is 1.42. The minimum atomic E-state index is 0.00257. The zero-order valence-corrected chi connectivity index (χ0v) is 9.69. The van der Waals surface area contributed by atoms with Gasteiger partial charge in [-0.3, -0.25) is 0 Å². The third-order valence-corrected chi connectivity index (χ3v) is 3.14. The van der Waals surface area contributed by atoms with Crippen LogP contribution >= 0.6 is 0 Å². The second-order valence-electron chi connectivity index (χ2n) is 3.96. The van der Waals surface area contributed by atoms with E-state index in [0.717, 1.165) is 19.4 Å². The Bertz CT molecular complexity index is 115. The SMILES string of the molecule is CCC(CC)NCC(N)(CC)CC. The molecular formula is C11H26N2. The van der Waals surface area contributed by atoms with Gasteiger partial charge in [0, 0.05) is 18.1 Å². The van der Waals surface area contributed by atoms with Gasteiger partial charge in [0.05, 0.1) is 0 Å². The van der Waals surface area contributed by atoms with Gasteiger partial charge < -0.3 is 11.1 Å². The first-order valence-electron chi connectivity index (χ1n) is 5.64. The lowest BCUT2D eigenvalue weighted by molar-refractivity contribution is 0.339. The van der Waals surface area contributed by atoms with E-state index in [9.17, 15) is 0 Å². The molecule has 0 radical (unpaired) electrons. The topological polar surface area (TPSA) is 38.0 Å². The minimum absolute atomic E-state index is 0.00257. The van der Waals surface area contributed by atoms with Crippen molar-refractivity contribution in [3.05, 3.63) is 0 Å². The van der Waals surface area contributed by atoms with Crippen molar-refractivity contribution in [3.8, 4) is 0 Å². The molecule has 2 heteroatoms. The maximum atomic E-state index is 6.19. The van der Waals surface area contributed by atoms with E-state index >= 15 is 0 Å². The van der Waals surface area contributed by atoms with Crippen molar-refractivity contribution >= 4 is 0 Å². The molecule has 0 atom stereocenters. The number of nitrogens with two attached hydrogens (primary N) is 1. The molecule has 13 heavy (non-hydrogen) atoms. The predicted molar refractivity (Wildman–Crippen MR) is 59.9 cm³/mol. The highest BCUT2D eigenvalue weighted by atomic mass is 15.0. The normalized spacial score (nSPS) is 12.5. The van der Waals surface area contributed by atoms with E-state index in [-0.39, 0.29) is 5.54 Å². The summed E-state index contributed by atoms with van der Waals surface area (Å²) in [4.78, 5) is 0. The highest BCUT2D eigenvalue weighted by molar-refractivity contribution is 4.84. The second kappa shape index (κ2) is 6.39. The van der Waals surface area contributed by atoms with Crippen molar-refractivity contribution in [2.75, 3.05) is 6.54 Å². The molecular weight excluding hydrogens is 160 g/mol. The van der Waals surface area contributed by atoms with Gasteiger partial charge in [0.1, 0.15) is 0 Å². The summed E-state index contributed by atoms with van der Waals surface area (Å²) in [6.45, 7) is 9.72. The monoisotopic (exact) mass is 186 g/mol. The van der Waals surface area contributed by atoms with Gasteiger partial charge in [0.2, 0.25) is 0 Å². The van der Waals surface area contributed by atoms with Crippen molar-refractivity contribution in [1.82, 2.24) is 5.32 Å². The maximum Gasteiger partial charge on any atom is 0.0275 e. The van der Waals surface area contributed by atoms with E-state index in [0.29, 0.717) is 6.04 Å². The van der Waals surface area contributed by atoms with Gasteiger partial charge >= 0.3 is 0 Å². The molecule has 0 aromatic heterocycles. The molecule has 0 amide bonds. The fraction of sp³-hybridized carbons (Fsp3) is 1.00. The summed E-state index contributed by atoms with van der Waals surface area (Å²) in [5.41, 5.74) is 6.19. The summed E-state index contributed by atoms with van der Waals surface area (Å²) in [5, 5.41) is 3.54. The van der Waals surface area contributed by atoms with E-state index in [1.165, 1.54) is 12.8 Å². The molecule has 3 N–H and O–H groups in total. The fourth-order valence-electron chi connectivity index (χ4n) is 1.42. The molecule has 0 rings (SSSR count). The van der Waals surface area contributed by atoms with Gasteiger partial charge in [-0.15, -0.1) is 0 Å². The summed E-state index contributed by atoms with van der Waals surface area (Å²) >= 11 is 0. The van der Waals surface area contributed by atoms with Crippen LogP contribution in [0.25, 0.3) is 0 Å². The zero-order valence-electron chi connectivity index (χ0n) is 9.69. The van der Waals surface area contributed by atoms with Crippen molar-refractivity contribution in [2.24, 2.45) is 5.73 Å². The molecule has 0 aliphatic heterocycles. The maximum absolute atomic E-state index is 6.19. The number of hydrogen-bond donors (Lipinski definition) is 2. The second-order valence-corrected chi connectivity index (χ2v) is 3.96. The Hall–Kier alpha value is -0.0800. The van der Waals surface area contributed by atoms with Crippen molar-refractivity contribution < 1.29 is 0 Å². The van der Waals surface area contributed by atoms with Crippen LogP contribution in [-0.2, 0) is 0 Å². The molecule has 0 aromatic rings. The lowest BCUT2D eigenvalue weighted by Gasteiger charge is -2.29. The first-order valence-corrected chi connectivity index (χ1v) is 5.64. The van der Waals surface area contributed by atoms with Crippen molar-refractivity contribution in [1.29, 1.82) is 0 Å². The summed E-state index contributed by atoms with van der Waals surface area (Å²) in [7, 11) is 0. The van der Waals surface area contributed by atoms with Crippen LogP contribution in [0.2, 0.25) is 0 Å². The first-order chi connectivity index (χ1) is 6.11. The molecule has 0 spiro atoms. The third kappa shape index (κ3) is 4.63. The van der Waals surface area contributed by atoms with Gasteiger partial charge in [-0.1, -0.05) is 27.7 Å². The Morgan fingerprint density at radius 3 is 1.85 bits per heavy atom. The van der Waals surface area contributed by atoms with E-state index < -0.39 is 0 Å². The third-order valence-electron chi connectivity index (χ3n) is 3.14. The lowest BCUT2D eigenvalue weighted by atomic mass is 9.93. The van der Waals surface area contributed by atoms with Crippen LogP contribution < -0.4 is 11.1 Å². The summed E-state index contributed by atoms with van der Waals surface area (Å²) in [5.74, 6) is 0. The van der Waals surface area contributed by atoms with Crippen LogP contribution in [0.3, 0.4) is 0 Å². The largest absolute Gasteiger partial charge is 0.324 e. The molecule has 80 valence electrons. The Labute approximate surface area is 83.3 Å². The van der Waals surface area contributed by atoms with E-state index in [4.69, 9.17) is 5.73 Å². The first kappa shape index (κ1) is 12.9. The molecule has 2 nitrogen and oxygen atoms in total. The van der Waals surface area contributed by atoms with Gasteiger partial charge in [-0.25, -0.2) is 0 Å². The average Bonchev–Trinajstić information content (AvgIpc) is 2.19. The molecule has 0 saturated heterocycles. The lowest BCUT2D eigenvalue weighted by Crippen LogP contribution is -2.50. The van der Waals surface area contributed by atoms with Crippen LogP contribution in [-0.4, -0.2) is 18.1 Å². The predicted octanol–water partition coefficient (Wildman–Crippen LogP) is 2.28. The van der Waals surface area contributed by atoms with Crippen LogP contribution in [0.4, 0.5) is 0 Å². The highest BCUT2D eigenvalue weighted by Crippen LogP contribution is 2.10. The summed E-state index contributed by atoms with van der Waals surface area (Å²) in [6.07, 6.45) is 4.49. The van der Waals surface area contributed by atoms with E-state index in [2.05, 4.69) is 33.0 Å². The van der Waals surface area contributed by atoms with Crippen LogP contribution in [0.5, 0.6) is 0 Å². The molecule has 0 unspecified atom stereocenters. The average molecular weight is 186 g/mol. The van der Waals surface area contributed by atoms with E-state index in [1.807, 2.05) is 0 Å². The van der Waals surface area contributed by atoms with Crippen LogP contribution in [0, 0.1) is 0 Å². The quantitative estimate of drug-likeness (QED) is 0.640. The Balaban J connectivity index is 3.83. The minimum Gasteiger partial charge on any atom is -0.324 e. The molecule has 0 fully saturated rings. The molecule has 0 bridgehead atoms. The molecule has 0 aliphatic carbocycles. The van der Waals surface area contributed by atoms with Crippen LogP contribution in [0.15, 0.2) is 0 Å². The van der Waals surface area contributed by atoms with Gasteiger partial charge in [-0.2, -0.15) is 0 Å². The number of rotatable bonds is 7. The Morgan fingerprint density at radius 1 is 1.08 bits per heavy atom. The molecule has 0 aromatic carbocycles. The smallest absolute Gasteiger partial charge is 0.0275 e. The number of hydrogen-bond acceptors (Lipinski definition) is 2. The van der Waals surface area contributed by atoms with Gasteiger partial charge in [-0.05, 0) is 25.7 Å². The number of nitrogens with one attached hydrogen (secondary N) is 1.